The molecule has 1 amide bonds. The van der Waals surface area contributed by atoms with Gasteiger partial charge in [-0.2, -0.15) is 0 Å². The minimum Gasteiger partial charge on any atom is -0.328 e. The zero-order valence-corrected chi connectivity index (χ0v) is 11.2. The number of nitrogens with zero attached hydrogens (tertiary/aromatic N) is 1. The summed E-state index contributed by atoms with van der Waals surface area (Å²) in [6.45, 7) is 2.14. The zero-order chi connectivity index (χ0) is 12.4. The van der Waals surface area contributed by atoms with Gasteiger partial charge >= 0.3 is 0 Å². The number of hydrogen-bond acceptors (Lipinski definition) is 2. The van der Waals surface area contributed by atoms with Gasteiger partial charge in [-0.15, -0.1) is 0 Å². The van der Waals surface area contributed by atoms with Crippen molar-refractivity contribution < 1.29 is 9.59 Å². The Bertz CT molecular complexity index is 458. The van der Waals surface area contributed by atoms with Crippen LogP contribution in [0.4, 0.5) is 0 Å². The number of alkyl halides is 1. The van der Waals surface area contributed by atoms with Gasteiger partial charge in [-0.3, -0.25) is 9.59 Å². The number of benzene rings is 1. The third-order valence-electron chi connectivity index (χ3n) is 3.12. The standard InChI is InChI=1S/C13H14BrNO2/c1-9(16)15-7-6-10-4-2-3-5-11(10)13(15)12(17)8-14/h2-5,13H,6-8H2,1H3. The predicted molar refractivity (Wildman–Crippen MR) is 69.1 cm³/mol. The van der Waals surface area contributed by atoms with Crippen LogP contribution in [0.3, 0.4) is 0 Å². The second-order valence-electron chi connectivity index (χ2n) is 4.16. The highest BCUT2D eigenvalue weighted by molar-refractivity contribution is 9.09. The average molecular weight is 296 g/mol. The van der Waals surface area contributed by atoms with Gasteiger partial charge in [0.1, 0.15) is 6.04 Å². The Morgan fingerprint density at radius 3 is 2.76 bits per heavy atom. The van der Waals surface area contributed by atoms with Crippen LogP contribution in [0.25, 0.3) is 0 Å². The lowest BCUT2D eigenvalue weighted by Crippen LogP contribution is -2.42. The van der Waals surface area contributed by atoms with Gasteiger partial charge in [0, 0.05) is 13.5 Å². The largest absolute Gasteiger partial charge is 0.328 e. The van der Waals surface area contributed by atoms with Crippen molar-refractivity contribution in [3.63, 3.8) is 0 Å². The monoisotopic (exact) mass is 295 g/mol. The van der Waals surface area contributed by atoms with Crippen molar-refractivity contribution in [1.82, 2.24) is 4.90 Å². The first-order valence-electron chi connectivity index (χ1n) is 5.59. The van der Waals surface area contributed by atoms with Crippen molar-refractivity contribution in [3.8, 4) is 0 Å². The Morgan fingerprint density at radius 2 is 2.12 bits per heavy atom. The maximum Gasteiger partial charge on any atom is 0.220 e. The molecule has 0 aromatic heterocycles. The number of rotatable bonds is 2. The normalized spacial score (nSPS) is 18.7. The zero-order valence-electron chi connectivity index (χ0n) is 9.65. The van der Waals surface area contributed by atoms with Crippen LogP contribution in [-0.4, -0.2) is 28.5 Å². The molecule has 1 atom stereocenters. The van der Waals surface area contributed by atoms with E-state index in [0.29, 0.717) is 6.54 Å². The van der Waals surface area contributed by atoms with Crippen molar-refractivity contribution in [2.75, 3.05) is 11.9 Å². The lowest BCUT2D eigenvalue weighted by Gasteiger charge is -2.35. The van der Waals surface area contributed by atoms with Gasteiger partial charge in [0.25, 0.3) is 0 Å². The molecule has 1 heterocycles. The molecular weight excluding hydrogens is 282 g/mol. The van der Waals surface area contributed by atoms with E-state index in [2.05, 4.69) is 15.9 Å². The molecule has 1 unspecified atom stereocenters. The molecule has 0 saturated carbocycles. The van der Waals surface area contributed by atoms with E-state index in [4.69, 9.17) is 0 Å². The fourth-order valence-corrected chi connectivity index (χ4v) is 2.63. The van der Waals surface area contributed by atoms with Gasteiger partial charge in [0.05, 0.1) is 5.33 Å². The second kappa shape index (κ2) is 5.00. The maximum absolute atomic E-state index is 12.0. The molecule has 0 bridgehead atoms. The molecule has 0 radical (unpaired) electrons. The molecule has 0 aliphatic carbocycles. The quantitative estimate of drug-likeness (QED) is 0.784. The van der Waals surface area contributed by atoms with E-state index < -0.39 is 6.04 Å². The highest BCUT2D eigenvalue weighted by atomic mass is 79.9. The predicted octanol–water partition coefficient (Wildman–Crippen LogP) is 2.10. The Hall–Kier alpha value is -1.16. The smallest absolute Gasteiger partial charge is 0.220 e. The summed E-state index contributed by atoms with van der Waals surface area (Å²) in [5.41, 5.74) is 2.14. The van der Waals surface area contributed by atoms with Gasteiger partial charge in [0.2, 0.25) is 5.91 Å². The first-order chi connectivity index (χ1) is 8.15. The summed E-state index contributed by atoms with van der Waals surface area (Å²) in [4.78, 5) is 25.3. The van der Waals surface area contributed by atoms with Crippen LogP contribution in [0.1, 0.15) is 24.1 Å². The number of fused-ring (bicyclic) bond motifs is 1. The van der Waals surface area contributed by atoms with Crippen LogP contribution in [0.2, 0.25) is 0 Å². The summed E-state index contributed by atoms with van der Waals surface area (Å²) in [6.07, 6.45) is 0.821. The molecule has 1 aromatic rings. The average Bonchev–Trinajstić information content (AvgIpc) is 2.36. The fourth-order valence-electron chi connectivity index (χ4n) is 2.33. The number of halogens is 1. The topological polar surface area (TPSA) is 37.4 Å². The number of carbonyl (C=O) groups is 2. The number of Topliss-reactive ketones (excluding diaryl/α,β-unsaturated/α-hetero) is 1. The van der Waals surface area contributed by atoms with E-state index in [0.717, 1.165) is 12.0 Å². The van der Waals surface area contributed by atoms with Gasteiger partial charge in [-0.1, -0.05) is 40.2 Å². The van der Waals surface area contributed by atoms with Crippen LogP contribution in [0.5, 0.6) is 0 Å². The molecule has 4 heteroatoms. The first kappa shape index (κ1) is 12.3. The van der Waals surface area contributed by atoms with Gasteiger partial charge in [-0.25, -0.2) is 0 Å². The summed E-state index contributed by atoms with van der Waals surface area (Å²) in [5, 5.41) is 0.274. The minimum atomic E-state index is -0.420. The summed E-state index contributed by atoms with van der Waals surface area (Å²) in [6, 6.07) is 7.43. The molecule has 0 N–H and O–H groups in total. The molecule has 1 aliphatic rings. The molecular formula is C13H14BrNO2. The van der Waals surface area contributed by atoms with Crippen molar-refractivity contribution >= 4 is 27.6 Å². The SMILES string of the molecule is CC(=O)N1CCc2ccccc2C1C(=O)CBr. The number of amides is 1. The molecule has 3 nitrogen and oxygen atoms in total. The highest BCUT2D eigenvalue weighted by Gasteiger charge is 2.33. The second-order valence-corrected chi connectivity index (χ2v) is 4.72. The molecule has 0 spiro atoms. The van der Waals surface area contributed by atoms with E-state index in [1.165, 1.54) is 12.5 Å². The van der Waals surface area contributed by atoms with E-state index in [9.17, 15) is 9.59 Å². The van der Waals surface area contributed by atoms with Crippen molar-refractivity contribution in [1.29, 1.82) is 0 Å². The van der Waals surface area contributed by atoms with Crippen molar-refractivity contribution in [2.45, 2.75) is 19.4 Å². The van der Waals surface area contributed by atoms with Gasteiger partial charge in [-0.05, 0) is 17.5 Å². The Labute approximate surface area is 109 Å². The van der Waals surface area contributed by atoms with Crippen molar-refractivity contribution in [2.24, 2.45) is 0 Å². The number of hydrogen-bond donors (Lipinski definition) is 0. The van der Waals surface area contributed by atoms with E-state index in [1.54, 1.807) is 4.90 Å². The molecule has 17 heavy (non-hydrogen) atoms. The van der Waals surface area contributed by atoms with E-state index in [1.807, 2.05) is 24.3 Å². The molecule has 90 valence electrons. The summed E-state index contributed by atoms with van der Waals surface area (Å²) >= 11 is 3.19. The molecule has 1 aliphatic heterocycles. The van der Waals surface area contributed by atoms with Gasteiger partial charge < -0.3 is 4.90 Å². The molecule has 1 aromatic carbocycles. The molecule has 0 fully saturated rings. The number of ketones is 1. The highest BCUT2D eigenvalue weighted by Crippen LogP contribution is 2.30. The van der Waals surface area contributed by atoms with Gasteiger partial charge in [0.15, 0.2) is 5.78 Å². The van der Waals surface area contributed by atoms with Crippen LogP contribution >= 0.6 is 15.9 Å². The first-order valence-corrected chi connectivity index (χ1v) is 6.71. The summed E-state index contributed by atoms with van der Waals surface area (Å²) in [7, 11) is 0. The Balaban J connectivity index is 2.46. The summed E-state index contributed by atoms with van der Waals surface area (Å²) < 4.78 is 0. The molecule has 0 saturated heterocycles. The third-order valence-corrected chi connectivity index (χ3v) is 3.68. The minimum absolute atomic E-state index is 0.0346. The number of carbonyl (C=O) groups excluding carboxylic acids is 2. The fraction of sp³-hybridized carbons (Fsp3) is 0.385. The van der Waals surface area contributed by atoms with E-state index in [-0.39, 0.29) is 17.0 Å². The maximum atomic E-state index is 12.0. The summed E-state index contributed by atoms with van der Waals surface area (Å²) in [5.74, 6) is -0.00819. The van der Waals surface area contributed by atoms with Crippen LogP contribution in [0.15, 0.2) is 24.3 Å². The Kier molecular flexibility index (Phi) is 3.62. The lowest BCUT2D eigenvalue weighted by atomic mass is 9.90. The van der Waals surface area contributed by atoms with Crippen LogP contribution < -0.4 is 0 Å². The van der Waals surface area contributed by atoms with Crippen molar-refractivity contribution in [3.05, 3.63) is 35.4 Å². The third kappa shape index (κ3) is 2.27. The molecule has 2 rings (SSSR count). The lowest BCUT2D eigenvalue weighted by molar-refractivity contribution is -0.137. The van der Waals surface area contributed by atoms with Crippen LogP contribution in [0, 0.1) is 0 Å². The van der Waals surface area contributed by atoms with Crippen LogP contribution in [-0.2, 0) is 16.0 Å². The van der Waals surface area contributed by atoms with E-state index >= 15 is 0 Å². The Morgan fingerprint density at radius 1 is 1.41 bits per heavy atom.